The maximum absolute atomic E-state index is 6.10. The van der Waals surface area contributed by atoms with E-state index >= 15 is 0 Å². The van der Waals surface area contributed by atoms with Gasteiger partial charge in [0.2, 0.25) is 0 Å². The summed E-state index contributed by atoms with van der Waals surface area (Å²) in [4.78, 5) is 0.902. The molecule has 86 valence electrons. The highest BCUT2D eigenvalue weighted by atomic mass is 35.5. The molecular formula is C8H11ClN6S. The Labute approximate surface area is 102 Å². The predicted molar refractivity (Wildman–Crippen MR) is 62.0 cm³/mol. The van der Waals surface area contributed by atoms with Gasteiger partial charge in [0.05, 0.1) is 28.0 Å². The van der Waals surface area contributed by atoms with Crippen molar-refractivity contribution in [2.75, 3.05) is 0 Å². The van der Waals surface area contributed by atoms with Crippen molar-refractivity contribution in [2.24, 2.45) is 5.84 Å². The number of nitrogens with two attached hydrogens (primary N) is 1. The van der Waals surface area contributed by atoms with Gasteiger partial charge in [-0.1, -0.05) is 16.1 Å². The Balaban J connectivity index is 2.44. The molecule has 0 radical (unpaired) electrons. The van der Waals surface area contributed by atoms with Crippen molar-refractivity contribution in [3.05, 3.63) is 28.0 Å². The second kappa shape index (κ2) is 4.88. The van der Waals surface area contributed by atoms with Crippen LogP contribution in [-0.2, 0) is 6.54 Å². The molecule has 3 N–H and O–H groups in total. The molecule has 0 fully saturated rings. The zero-order chi connectivity index (χ0) is 11.5. The molecule has 0 amide bonds. The Morgan fingerprint density at radius 1 is 1.62 bits per heavy atom. The first kappa shape index (κ1) is 11.5. The molecule has 2 rings (SSSR count). The van der Waals surface area contributed by atoms with Gasteiger partial charge < -0.3 is 0 Å². The van der Waals surface area contributed by atoms with Crippen LogP contribution in [0.1, 0.15) is 23.5 Å². The molecule has 6 nitrogen and oxygen atoms in total. The Hall–Kier alpha value is -1.02. The highest BCUT2D eigenvalue weighted by molar-refractivity contribution is 7.05. The summed E-state index contributed by atoms with van der Waals surface area (Å²) in [5.41, 5.74) is 3.54. The molecule has 0 spiro atoms. The van der Waals surface area contributed by atoms with Crippen LogP contribution in [0.25, 0.3) is 0 Å². The smallest absolute Gasteiger partial charge is 0.102 e. The largest absolute Gasteiger partial charge is 0.270 e. The molecule has 2 heterocycles. The molecule has 0 aliphatic carbocycles. The number of hydrogen-bond acceptors (Lipinski definition) is 6. The van der Waals surface area contributed by atoms with Gasteiger partial charge in [-0.05, 0) is 18.5 Å². The van der Waals surface area contributed by atoms with Crippen LogP contribution in [0, 0.1) is 0 Å². The third kappa shape index (κ3) is 1.94. The number of halogens is 1. The molecule has 0 bridgehead atoms. The first-order valence-electron chi connectivity index (χ1n) is 4.72. The SMILES string of the molecule is CCn1ncc(Cl)c1C(NN)c1cnns1. The fourth-order valence-electron chi connectivity index (χ4n) is 1.51. The number of nitrogens with zero attached hydrogens (tertiary/aromatic N) is 4. The Kier molecular flexibility index (Phi) is 3.49. The minimum atomic E-state index is -0.227. The number of hydrazine groups is 1. The quantitative estimate of drug-likeness (QED) is 0.631. The van der Waals surface area contributed by atoms with E-state index in [0.717, 1.165) is 17.1 Å². The summed E-state index contributed by atoms with van der Waals surface area (Å²) in [6, 6.07) is -0.227. The van der Waals surface area contributed by atoms with Gasteiger partial charge in [0.15, 0.2) is 0 Å². The van der Waals surface area contributed by atoms with Gasteiger partial charge in [0, 0.05) is 6.54 Å². The van der Waals surface area contributed by atoms with Crippen LogP contribution in [0.3, 0.4) is 0 Å². The van der Waals surface area contributed by atoms with Crippen LogP contribution < -0.4 is 11.3 Å². The van der Waals surface area contributed by atoms with E-state index in [1.807, 2.05) is 6.92 Å². The number of nitrogens with one attached hydrogen (secondary N) is 1. The maximum atomic E-state index is 6.10. The van der Waals surface area contributed by atoms with Gasteiger partial charge in [-0.15, -0.1) is 5.10 Å². The fraction of sp³-hybridized carbons (Fsp3) is 0.375. The summed E-state index contributed by atoms with van der Waals surface area (Å²) in [6.07, 6.45) is 3.28. The van der Waals surface area contributed by atoms with E-state index in [4.69, 9.17) is 17.4 Å². The maximum Gasteiger partial charge on any atom is 0.102 e. The van der Waals surface area contributed by atoms with E-state index < -0.39 is 0 Å². The van der Waals surface area contributed by atoms with Crippen molar-refractivity contribution in [3.63, 3.8) is 0 Å². The topological polar surface area (TPSA) is 81.7 Å². The van der Waals surface area contributed by atoms with Crippen molar-refractivity contribution in [1.82, 2.24) is 24.8 Å². The standard InChI is InChI=1S/C8H11ClN6S/c1-2-15-8(5(9)3-12-15)7(13-10)6-4-11-14-16-6/h3-4,7,13H,2,10H2,1H3. The van der Waals surface area contributed by atoms with E-state index in [1.54, 1.807) is 17.1 Å². The van der Waals surface area contributed by atoms with Crippen molar-refractivity contribution >= 4 is 23.1 Å². The molecule has 0 aromatic carbocycles. The lowest BCUT2D eigenvalue weighted by Gasteiger charge is -2.15. The van der Waals surface area contributed by atoms with E-state index in [1.165, 1.54) is 11.5 Å². The molecule has 1 unspecified atom stereocenters. The fourth-order valence-corrected chi connectivity index (χ4v) is 2.33. The van der Waals surface area contributed by atoms with Crippen LogP contribution in [-0.4, -0.2) is 19.4 Å². The Bertz CT molecular complexity index is 453. The van der Waals surface area contributed by atoms with Crippen LogP contribution in [0.2, 0.25) is 5.02 Å². The van der Waals surface area contributed by atoms with E-state index in [9.17, 15) is 0 Å². The lowest BCUT2D eigenvalue weighted by Crippen LogP contribution is -2.30. The van der Waals surface area contributed by atoms with Gasteiger partial charge in [-0.2, -0.15) is 5.10 Å². The lowest BCUT2D eigenvalue weighted by molar-refractivity contribution is 0.548. The van der Waals surface area contributed by atoms with Crippen LogP contribution >= 0.6 is 23.1 Å². The molecule has 2 aromatic heterocycles. The molecule has 0 aliphatic rings. The molecule has 8 heteroatoms. The average Bonchev–Trinajstić information content (AvgIpc) is 2.91. The highest BCUT2D eigenvalue weighted by Gasteiger charge is 2.22. The van der Waals surface area contributed by atoms with Gasteiger partial charge in [-0.3, -0.25) is 10.5 Å². The first-order chi connectivity index (χ1) is 7.77. The third-order valence-electron chi connectivity index (χ3n) is 2.24. The molecule has 0 saturated carbocycles. The normalized spacial score (nSPS) is 12.9. The van der Waals surface area contributed by atoms with Gasteiger partial charge in [-0.25, -0.2) is 5.43 Å². The second-order valence-electron chi connectivity index (χ2n) is 3.11. The zero-order valence-corrected chi connectivity index (χ0v) is 10.2. The predicted octanol–water partition coefficient (Wildman–Crippen LogP) is 0.961. The minimum absolute atomic E-state index is 0.227. The molecule has 2 aromatic rings. The van der Waals surface area contributed by atoms with Gasteiger partial charge in [0.25, 0.3) is 0 Å². The van der Waals surface area contributed by atoms with Crippen molar-refractivity contribution in [3.8, 4) is 0 Å². The summed E-state index contributed by atoms with van der Waals surface area (Å²) >= 11 is 7.38. The summed E-state index contributed by atoms with van der Waals surface area (Å²) in [5, 5.41) is 8.53. The van der Waals surface area contributed by atoms with E-state index in [0.29, 0.717) is 5.02 Å². The van der Waals surface area contributed by atoms with Gasteiger partial charge >= 0.3 is 0 Å². The summed E-state index contributed by atoms with van der Waals surface area (Å²) in [6.45, 7) is 2.72. The Morgan fingerprint density at radius 3 is 3.00 bits per heavy atom. The number of hydrogen-bond donors (Lipinski definition) is 2. The molecule has 0 aliphatic heterocycles. The lowest BCUT2D eigenvalue weighted by atomic mass is 10.2. The summed E-state index contributed by atoms with van der Waals surface area (Å²) in [7, 11) is 0. The highest BCUT2D eigenvalue weighted by Crippen LogP contribution is 2.28. The monoisotopic (exact) mass is 258 g/mol. The number of aryl methyl sites for hydroxylation is 1. The first-order valence-corrected chi connectivity index (χ1v) is 5.87. The number of aromatic nitrogens is 4. The average molecular weight is 259 g/mol. The number of rotatable bonds is 4. The molecule has 16 heavy (non-hydrogen) atoms. The molecular weight excluding hydrogens is 248 g/mol. The van der Waals surface area contributed by atoms with Gasteiger partial charge in [0.1, 0.15) is 6.04 Å². The van der Waals surface area contributed by atoms with Crippen molar-refractivity contribution in [2.45, 2.75) is 19.5 Å². The van der Waals surface area contributed by atoms with Crippen molar-refractivity contribution < 1.29 is 0 Å². The molecule has 1 atom stereocenters. The summed E-state index contributed by atoms with van der Waals surface area (Å²) < 4.78 is 5.61. The minimum Gasteiger partial charge on any atom is -0.270 e. The second-order valence-corrected chi connectivity index (χ2v) is 4.34. The zero-order valence-electron chi connectivity index (χ0n) is 8.59. The van der Waals surface area contributed by atoms with Crippen LogP contribution in [0.15, 0.2) is 12.4 Å². The Morgan fingerprint density at radius 2 is 2.44 bits per heavy atom. The van der Waals surface area contributed by atoms with E-state index in [2.05, 4.69) is 20.1 Å². The van der Waals surface area contributed by atoms with E-state index in [-0.39, 0.29) is 6.04 Å². The summed E-state index contributed by atoms with van der Waals surface area (Å²) in [5.74, 6) is 5.55. The molecule has 0 saturated heterocycles. The van der Waals surface area contributed by atoms with Crippen LogP contribution in [0.4, 0.5) is 0 Å². The third-order valence-corrected chi connectivity index (χ3v) is 3.25. The van der Waals surface area contributed by atoms with Crippen LogP contribution in [0.5, 0.6) is 0 Å². The van der Waals surface area contributed by atoms with Crippen molar-refractivity contribution in [1.29, 1.82) is 0 Å².